The van der Waals surface area contributed by atoms with Gasteiger partial charge in [0.15, 0.2) is 0 Å². The van der Waals surface area contributed by atoms with Gasteiger partial charge in [-0.3, -0.25) is 0 Å². The summed E-state index contributed by atoms with van der Waals surface area (Å²) in [7, 11) is 0. The SMILES string of the molecule is Nc1c(C(O)c2cc3ccccc3[nH]2)cnn1-c1ccc(Oc2ccccn2)cc1. The number of H-pyrrole nitrogens is 1. The molecule has 7 nitrogen and oxygen atoms in total. The quantitative estimate of drug-likeness (QED) is 0.412. The molecule has 30 heavy (non-hydrogen) atoms. The first-order valence-corrected chi connectivity index (χ1v) is 9.47. The summed E-state index contributed by atoms with van der Waals surface area (Å²) in [6, 6.07) is 22.6. The van der Waals surface area contributed by atoms with Gasteiger partial charge in [0, 0.05) is 29.0 Å². The number of nitrogens with one attached hydrogen (secondary N) is 1. The molecule has 0 saturated carbocycles. The van der Waals surface area contributed by atoms with Gasteiger partial charge < -0.3 is 20.6 Å². The number of fused-ring (bicyclic) bond motifs is 1. The monoisotopic (exact) mass is 397 g/mol. The number of aromatic amines is 1. The average molecular weight is 397 g/mol. The van der Waals surface area contributed by atoms with Crippen LogP contribution in [0.5, 0.6) is 11.6 Å². The van der Waals surface area contributed by atoms with Gasteiger partial charge in [-0.2, -0.15) is 5.10 Å². The van der Waals surface area contributed by atoms with Crippen molar-refractivity contribution in [1.29, 1.82) is 0 Å². The van der Waals surface area contributed by atoms with Gasteiger partial charge in [0.1, 0.15) is 17.7 Å². The Morgan fingerprint density at radius 2 is 1.80 bits per heavy atom. The summed E-state index contributed by atoms with van der Waals surface area (Å²) >= 11 is 0. The van der Waals surface area contributed by atoms with Gasteiger partial charge in [-0.05, 0) is 47.9 Å². The van der Waals surface area contributed by atoms with E-state index < -0.39 is 6.10 Å². The fraction of sp³-hybridized carbons (Fsp3) is 0.0435. The maximum Gasteiger partial charge on any atom is 0.219 e. The number of pyridine rings is 1. The van der Waals surface area contributed by atoms with E-state index in [0.29, 0.717) is 28.7 Å². The number of aliphatic hydroxyl groups excluding tert-OH is 1. The topological polar surface area (TPSA) is 102 Å². The van der Waals surface area contributed by atoms with Crippen LogP contribution in [0.2, 0.25) is 0 Å². The minimum atomic E-state index is -0.905. The van der Waals surface area contributed by atoms with E-state index in [-0.39, 0.29) is 0 Å². The lowest BCUT2D eigenvalue weighted by Crippen LogP contribution is -2.06. The Kier molecular flexibility index (Phi) is 4.42. The molecule has 0 saturated heterocycles. The molecule has 3 aromatic heterocycles. The van der Waals surface area contributed by atoms with Gasteiger partial charge in [-0.25, -0.2) is 9.67 Å². The van der Waals surface area contributed by atoms with Crippen LogP contribution in [0.1, 0.15) is 17.4 Å². The highest BCUT2D eigenvalue weighted by Gasteiger charge is 2.20. The van der Waals surface area contributed by atoms with E-state index in [1.165, 1.54) is 0 Å². The third-order valence-corrected chi connectivity index (χ3v) is 4.92. The molecule has 5 rings (SSSR count). The van der Waals surface area contributed by atoms with E-state index in [1.54, 1.807) is 23.1 Å². The van der Waals surface area contributed by atoms with Crippen LogP contribution in [0.15, 0.2) is 85.2 Å². The maximum absolute atomic E-state index is 10.9. The normalized spacial score (nSPS) is 12.2. The van der Waals surface area contributed by atoms with E-state index in [9.17, 15) is 5.11 Å². The molecule has 0 aliphatic carbocycles. The van der Waals surface area contributed by atoms with Crippen LogP contribution in [-0.2, 0) is 0 Å². The molecule has 0 bridgehead atoms. The molecule has 7 heteroatoms. The fourth-order valence-electron chi connectivity index (χ4n) is 3.38. The Labute approximate surface area is 172 Å². The zero-order valence-corrected chi connectivity index (χ0v) is 15.9. The van der Waals surface area contributed by atoms with E-state index >= 15 is 0 Å². The number of hydrogen-bond donors (Lipinski definition) is 3. The molecule has 0 spiro atoms. The summed E-state index contributed by atoms with van der Waals surface area (Å²) in [6.07, 6.45) is 2.36. The van der Waals surface area contributed by atoms with Gasteiger partial charge in [0.2, 0.25) is 5.88 Å². The Morgan fingerprint density at radius 1 is 1.00 bits per heavy atom. The van der Waals surface area contributed by atoms with Crippen LogP contribution in [0.4, 0.5) is 5.82 Å². The highest BCUT2D eigenvalue weighted by atomic mass is 16.5. The van der Waals surface area contributed by atoms with Gasteiger partial charge in [-0.1, -0.05) is 24.3 Å². The molecule has 0 fully saturated rings. The highest BCUT2D eigenvalue weighted by molar-refractivity contribution is 5.80. The molecule has 1 unspecified atom stereocenters. The third kappa shape index (κ3) is 3.27. The van der Waals surface area contributed by atoms with E-state index in [2.05, 4.69) is 15.1 Å². The number of benzene rings is 2. The van der Waals surface area contributed by atoms with Crippen molar-refractivity contribution in [3.8, 4) is 17.3 Å². The Morgan fingerprint density at radius 3 is 2.57 bits per heavy atom. The minimum absolute atomic E-state index is 0.375. The van der Waals surface area contributed by atoms with Crippen molar-refractivity contribution in [2.75, 3.05) is 5.73 Å². The van der Waals surface area contributed by atoms with E-state index in [0.717, 1.165) is 16.6 Å². The number of rotatable bonds is 5. The number of nitrogens with two attached hydrogens (primary N) is 1. The first kappa shape index (κ1) is 18.0. The predicted octanol–water partition coefficient (Wildman–Crippen LogP) is 4.20. The molecule has 2 aromatic carbocycles. The zero-order valence-electron chi connectivity index (χ0n) is 15.9. The molecule has 148 valence electrons. The van der Waals surface area contributed by atoms with E-state index in [4.69, 9.17) is 10.5 Å². The van der Waals surface area contributed by atoms with Crippen LogP contribution in [0.3, 0.4) is 0 Å². The number of nitrogen functional groups attached to an aromatic ring is 1. The third-order valence-electron chi connectivity index (χ3n) is 4.92. The Balaban J connectivity index is 1.40. The second kappa shape index (κ2) is 7.38. The average Bonchev–Trinajstić information content (AvgIpc) is 3.38. The summed E-state index contributed by atoms with van der Waals surface area (Å²) in [4.78, 5) is 7.38. The van der Waals surface area contributed by atoms with Crippen LogP contribution in [-0.4, -0.2) is 24.9 Å². The standard InChI is InChI=1S/C23H19N5O2/c24-23-18(22(29)20-13-15-5-1-2-6-19(15)27-20)14-26-28(23)16-8-10-17(11-9-16)30-21-7-3-4-12-25-21/h1-14,22,27,29H,24H2. The highest BCUT2D eigenvalue weighted by Crippen LogP contribution is 2.30. The molecule has 5 aromatic rings. The molecule has 0 aliphatic heterocycles. The van der Waals surface area contributed by atoms with Crippen molar-refractivity contribution in [1.82, 2.24) is 19.7 Å². The molecule has 0 amide bonds. The first-order chi connectivity index (χ1) is 14.7. The lowest BCUT2D eigenvalue weighted by atomic mass is 10.1. The molecular formula is C23H19N5O2. The number of aliphatic hydroxyl groups is 1. The second-order valence-electron chi connectivity index (χ2n) is 6.88. The molecule has 0 aliphatic rings. The number of hydrogen-bond acceptors (Lipinski definition) is 5. The van der Waals surface area contributed by atoms with Crippen molar-refractivity contribution in [2.24, 2.45) is 0 Å². The molecule has 0 radical (unpaired) electrons. The number of aromatic nitrogens is 4. The number of nitrogens with zero attached hydrogens (tertiary/aromatic N) is 3. The van der Waals surface area contributed by atoms with Crippen molar-refractivity contribution < 1.29 is 9.84 Å². The summed E-state index contributed by atoms with van der Waals surface area (Å²) in [5.41, 5.74) is 9.24. The van der Waals surface area contributed by atoms with Gasteiger partial charge in [0.05, 0.1) is 11.9 Å². The molecule has 3 heterocycles. The minimum Gasteiger partial charge on any atom is -0.439 e. The summed E-state index contributed by atoms with van der Waals surface area (Å²) in [5.74, 6) is 1.55. The van der Waals surface area contributed by atoms with Crippen molar-refractivity contribution in [3.05, 3.63) is 96.4 Å². The van der Waals surface area contributed by atoms with Crippen LogP contribution >= 0.6 is 0 Å². The molecule has 1 atom stereocenters. The molecular weight excluding hydrogens is 378 g/mol. The van der Waals surface area contributed by atoms with Crippen LogP contribution in [0.25, 0.3) is 16.6 Å². The smallest absolute Gasteiger partial charge is 0.219 e. The Hall–Kier alpha value is -4.10. The van der Waals surface area contributed by atoms with Crippen LogP contribution in [0, 0.1) is 0 Å². The fourth-order valence-corrected chi connectivity index (χ4v) is 3.38. The van der Waals surface area contributed by atoms with Crippen molar-refractivity contribution in [2.45, 2.75) is 6.10 Å². The lowest BCUT2D eigenvalue weighted by molar-refractivity contribution is 0.217. The molecule has 4 N–H and O–H groups in total. The second-order valence-corrected chi connectivity index (χ2v) is 6.88. The lowest BCUT2D eigenvalue weighted by Gasteiger charge is -2.10. The van der Waals surface area contributed by atoms with Gasteiger partial charge >= 0.3 is 0 Å². The number of anilines is 1. The van der Waals surface area contributed by atoms with Crippen molar-refractivity contribution in [3.63, 3.8) is 0 Å². The Bertz CT molecular complexity index is 1260. The number of para-hydroxylation sites is 1. The largest absolute Gasteiger partial charge is 0.439 e. The first-order valence-electron chi connectivity index (χ1n) is 9.47. The van der Waals surface area contributed by atoms with Crippen LogP contribution < -0.4 is 10.5 Å². The summed E-state index contributed by atoms with van der Waals surface area (Å²) < 4.78 is 7.30. The van der Waals surface area contributed by atoms with Crippen molar-refractivity contribution >= 4 is 16.7 Å². The van der Waals surface area contributed by atoms with E-state index in [1.807, 2.05) is 66.7 Å². The predicted molar refractivity (Wildman–Crippen MR) is 115 cm³/mol. The zero-order chi connectivity index (χ0) is 20.5. The number of ether oxygens (including phenoxy) is 1. The van der Waals surface area contributed by atoms with Gasteiger partial charge in [-0.15, -0.1) is 0 Å². The maximum atomic E-state index is 10.9. The van der Waals surface area contributed by atoms with Gasteiger partial charge in [0.25, 0.3) is 0 Å². The summed E-state index contributed by atoms with van der Waals surface area (Å²) in [6.45, 7) is 0. The summed E-state index contributed by atoms with van der Waals surface area (Å²) in [5, 5.41) is 16.2.